The molecule has 0 saturated heterocycles. The van der Waals surface area contributed by atoms with E-state index in [1.165, 1.54) is 0 Å². The molecule has 0 heterocycles. The molecule has 0 saturated carbocycles. The highest BCUT2D eigenvalue weighted by molar-refractivity contribution is 5.97. The van der Waals surface area contributed by atoms with Gasteiger partial charge in [-0.15, -0.1) is 0 Å². The minimum absolute atomic E-state index is 0.0897. The van der Waals surface area contributed by atoms with E-state index in [9.17, 15) is 9.59 Å². The average molecular weight is 354 g/mol. The van der Waals surface area contributed by atoms with Gasteiger partial charge in [-0.1, -0.05) is 25.1 Å². The van der Waals surface area contributed by atoms with Crippen LogP contribution in [0.4, 0.5) is 5.69 Å². The molecule has 2 rings (SSSR count). The van der Waals surface area contributed by atoms with Crippen LogP contribution in [-0.4, -0.2) is 24.5 Å². The molecule has 0 bridgehead atoms. The van der Waals surface area contributed by atoms with Gasteiger partial charge in [0.25, 0.3) is 11.8 Å². The van der Waals surface area contributed by atoms with Crippen molar-refractivity contribution in [2.75, 3.05) is 11.9 Å². The summed E-state index contributed by atoms with van der Waals surface area (Å²) in [6.45, 7) is 7.79. The maximum absolute atomic E-state index is 12.2. The first-order valence-corrected chi connectivity index (χ1v) is 8.80. The van der Waals surface area contributed by atoms with Gasteiger partial charge in [0.2, 0.25) is 0 Å². The zero-order valence-electron chi connectivity index (χ0n) is 15.8. The van der Waals surface area contributed by atoms with Crippen LogP contribution in [0.2, 0.25) is 0 Å². The normalized spacial score (nSPS) is 11.5. The molecule has 2 aromatic carbocycles. The van der Waals surface area contributed by atoms with Crippen molar-refractivity contribution in [3.63, 3.8) is 0 Å². The third kappa shape index (κ3) is 5.62. The van der Waals surface area contributed by atoms with E-state index in [1.54, 1.807) is 24.3 Å². The lowest BCUT2D eigenvalue weighted by atomic mass is 10.1. The predicted octanol–water partition coefficient (Wildman–Crippen LogP) is 3.85. The standard InChI is InChI=1S/C21H26N2O3/c1-5-16(4)22-21(25)17-7-6-8-18(12-17)23-20(24)13-26-19-11-14(2)9-10-15(19)3/h6-12,16H,5,13H2,1-4H3,(H,22,25)(H,23,24). The molecule has 0 aliphatic carbocycles. The molecule has 2 amide bonds. The highest BCUT2D eigenvalue weighted by Gasteiger charge is 2.11. The van der Waals surface area contributed by atoms with Crippen LogP contribution in [-0.2, 0) is 4.79 Å². The molecule has 0 radical (unpaired) electrons. The highest BCUT2D eigenvalue weighted by atomic mass is 16.5. The van der Waals surface area contributed by atoms with Crippen LogP contribution in [0, 0.1) is 13.8 Å². The Balaban J connectivity index is 1.95. The van der Waals surface area contributed by atoms with Crippen molar-refractivity contribution < 1.29 is 14.3 Å². The van der Waals surface area contributed by atoms with Gasteiger partial charge in [0.15, 0.2) is 6.61 Å². The molecule has 2 aromatic rings. The molecule has 1 atom stereocenters. The number of hydrogen-bond donors (Lipinski definition) is 2. The van der Waals surface area contributed by atoms with Crippen LogP contribution in [0.5, 0.6) is 5.75 Å². The Labute approximate surface area is 154 Å². The number of aryl methyl sites for hydroxylation is 2. The van der Waals surface area contributed by atoms with Gasteiger partial charge < -0.3 is 15.4 Å². The molecule has 0 aromatic heterocycles. The van der Waals surface area contributed by atoms with Crippen molar-refractivity contribution in [3.8, 4) is 5.75 Å². The Morgan fingerprint density at radius 2 is 1.88 bits per heavy atom. The second kappa shape index (κ2) is 9.04. The maximum Gasteiger partial charge on any atom is 0.262 e. The van der Waals surface area contributed by atoms with E-state index in [1.807, 2.05) is 45.9 Å². The van der Waals surface area contributed by atoms with Gasteiger partial charge in [0, 0.05) is 17.3 Å². The first-order valence-electron chi connectivity index (χ1n) is 8.80. The van der Waals surface area contributed by atoms with E-state index in [4.69, 9.17) is 4.74 Å². The number of hydrogen-bond acceptors (Lipinski definition) is 3. The molecule has 1 unspecified atom stereocenters. The number of nitrogens with one attached hydrogen (secondary N) is 2. The monoisotopic (exact) mass is 354 g/mol. The minimum Gasteiger partial charge on any atom is -0.483 e. The van der Waals surface area contributed by atoms with Crippen molar-refractivity contribution >= 4 is 17.5 Å². The van der Waals surface area contributed by atoms with E-state index < -0.39 is 0 Å². The lowest BCUT2D eigenvalue weighted by Gasteiger charge is -2.13. The van der Waals surface area contributed by atoms with Crippen LogP contribution in [0.3, 0.4) is 0 Å². The summed E-state index contributed by atoms with van der Waals surface area (Å²) in [6.07, 6.45) is 0.859. The lowest BCUT2D eigenvalue weighted by Crippen LogP contribution is -2.32. The smallest absolute Gasteiger partial charge is 0.262 e. The van der Waals surface area contributed by atoms with Crippen molar-refractivity contribution in [2.24, 2.45) is 0 Å². The van der Waals surface area contributed by atoms with Gasteiger partial charge in [0.05, 0.1) is 0 Å². The predicted molar refractivity (Wildman–Crippen MR) is 104 cm³/mol. The first-order chi connectivity index (χ1) is 12.4. The van der Waals surface area contributed by atoms with Gasteiger partial charge in [-0.05, 0) is 62.6 Å². The van der Waals surface area contributed by atoms with Crippen molar-refractivity contribution in [3.05, 3.63) is 59.2 Å². The average Bonchev–Trinajstić information content (AvgIpc) is 2.62. The summed E-state index contributed by atoms with van der Waals surface area (Å²) in [5.74, 6) is 0.273. The number of benzene rings is 2. The zero-order valence-corrected chi connectivity index (χ0v) is 15.8. The minimum atomic E-state index is -0.273. The van der Waals surface area contributed by atoms with Crippen LogP contribution in [0.15, 0.2) is 42.5 Å². The second-order valence-electron chi connectivity index (χ2n) is 6.47. The van der Waals surface area contributed by atoms with Gasteiger partial charge in [0.1, 0.15) is 5.75 Å². The fourth-order valence-electron chi connectivity index (χ4n) is 2.35. The topological polar surface area (TPSA) is 67.4 Å². The van der Waals surface area contributed by atoms with Gasteiger partial charge in [-0.25, -0.2) is 0 Å². The van der Waals surface area contributed by atoms with Crippen LogP contribution in [0.25, 0.3) is 0 Å². The Kier molecular flexibility index (Phi) is 6.78. The number of anilines is 1. The van der Waals surface area contributed by atoms with Gasteiger partial charge in [-0.2, -0.15) is 0 Å². The fourth-order valence-corrected chi connectivity index (χ4v) is 2.35. The number of rotatable bonds is 7. The second-order valence-corrected chi connectivity index (χ2v) is 6.47. The van der Waals surface area contributed by atoms with Gasteiger partial charge >= 0.3 is 0 Å². The molecule has 0 spiro atoms. The zero-order chi connectivity index (χ0) is 19.1. The maximum atomic E-state index is 12.2. The van der Waals surface area contributed by atoms with Crippen LogP contribution in [0.1, 0.15) is 41.8 Å². The Morgan fingerprint density at radius 1 is 1.12 bits per heavy atom. The number of carbonyl (C=O) groups is 2. The first kappa shape index (κ1) is 19.5. The molecule has 0 aliphatic rings. The molecule has 138 valence electrons. The number of ether oxygens (including phenoxy) is 1. The third-order valence-electron chi connectivity index (χ3n) is 4.10. The van der Waals surface area contributed by atoms with Crippen molar-refractivity contribution in [2.45, 2.75) is 40.2 Å². The summed E-state index contributed by atoms with van der Waals surface area (Å²) in [5.41, 5.74) is 3.13. The molecule has 5 nitrogen and oxygen atoms in total. The highest BCUT2D eigenvalue weighted by Crippen LogP contribution is 2.19. The summed E-state index contributed by atoms with van der Waals surface area (Å²) in [5, 5.41) is 5.67. The van der Waals surface area contributed by atoms with E-state index in [2.05, 4.69) is 10.6 Å². The number of carbonyl (C=O) groups excluding carboxylic acids is 2. The summed E-state index contributed by atoms with van der Waals surface area (Å²) in [6, 6.07) is 12.8. The van der Waals surface area contributed by atoms with Crippen molar-refractivity contribution in [1.29, 1.82) is 0 Å². The van der Waals surface area contributed by atoms with E-state index in [0.29, 0.717) is 17.0 Å². The summed E-state index contributed by atoms with van der Waals surface area (Å²) < 4.78 is 5.61. The molecule has 0 fully saturated rings. The quantitative estimate of drug-likeness (QED) is 0.794. The molecule has 0 aliphatic heterocycles. The van der Waals surface area contributed by atoms with E-state index in [-0.39, 0.29) is 24.5 Å². The summed E-state index contributed by atoms with van der Waals surface area (Å²) in [4.78, 5) is 24.3. The lowest BCUT2D eigenvalue weighted by molar-refractivity contribution is -0.118. The van der Waals surface area contributed by atoms with Gasteiger partial charge in [-0.3, -0.25) is 9.59 Å². The third-order valence-corrected chi connectivity index (χ3v) is 4.10. The summed E-state index contributed by atoms with van der Waals surface area (Å²) >= 11 is 0. The Morgan fingerprint density at radius 3 is 2.62 bits per heavy atom. The van der Waals surface area contributed by atoms with Crippen LogP contribution < -0.4 is 15.4 Å². The molecular weight excluding hydrogens is 328 g/mol. The fraction of sp³-hybridized carbons (Fsp3) is 0.333. The Hall–Kier alpha value is -2.82. The molecular formula is C21H26N2O3. The SMILES string of the molecule is CCC(C)NC(=O)c1cccc(NC(=O)COc2cc(C)ccc2C)c1. The number of amides is 2. The van der Waals surface area contributed by atoms with Crippen LogP contribution >= 0.6 is 0 Å². The van der Waals surface area contributed by atoms with Crippen molar-refractivity contribution in [1.82, 2.24) is 5.32 Å². The summed E-state index contributed by atoms with van der Waals surface area (Å²) in [7, 11) is 0. The van der Waals surface area contributed by atoms with E-state index >= 15 is 0 Å². The van der Waals surface area contributed by atoms with E-state index in [0.717, 1.165) is 17.5 Å². The molecule has 26 heavy (non-hydrogen) atoms. The Bertz CT molecular complexity index is 787. The molecule has 2 N–H and O–H groups in total. The largest absolute Gasteiger partial charge is 0.483 e. The molecule has 5 heteroatoms.